The number of para-hydroxylation sites is 1. The van der Waals surface area contributed by atoms with E-state index in [0.29, 0.717) is 24.5 Å². The van der Waals surface area contributed by atoms with E-state index in [2.05, 4.69) is 44.3 Å². The molecule has 0 saturated carbocycles. The van der Waals surface area contributed by atoms with Gasteiger partial charge in [0.1, 0.15) is 5.75 Å². The van der Waals surface area contributed by atoms with Crippen molar-refractivity contribution in [1.82, 2.24) is 5.32 Å². The number of hydrogen-bond acceptors (Lipinski definition) is 3. The minimum Gasteiger partial charge on any atom is -0.494 e. The zero-order valence-corrected chi connectivity index (χ0v) is 13.2. The van der Waals surface area contributed by atoms with Gasteiger partial charge in [0, 0.05) is 17.5 Å². The van der Waals surface area contributed by atoms with Crippen LogP contribution in [0.15, 0.2) is 24.3 Å². The first-order valence-corrected chi connectivity index (χ1v) is 7.64. The Bertz CT molecular complexity index is 435. The summed E-state index contributed by atoms with van der Waals surface area (Å²) < 4.78 is 11.8. The molecule has 2 rings (SSSR count). The van der Waals surface area contributed by atoms with Crippen LogP contribution in [0.2, 0.25) is 0 Å². The van der Waals surface area contributed by atoms with Gasteiger partial charge < -0.3 is 14.8 Å². The van der Waals surface area contributed by atoms with Crippen LogP contribution in [0.1, 0.15) is 39.3 Å². The second kappa shape index (κ2) is 6.59. The molecule has 5 atom stereocenters. The number of rotatable bonds is 5. The van der Waals surface area contributed by atoms with E-state index in [-0.39, 0.29) is 12.1 Å². The molecule has 0 radical (unpaired) electrons. The fraction of sp³-hybridized carbons (Fsp3) is 0.647. The third-order valence-corrected chi connectivity index (χ3v) is 4.57. The van der Waals surface area contributed by atoms with Gasteiger partial charge in [-0.15, -0.1) is 0 Å². The summed E-state index contributed by atoms with van der Waals surface area (Å²) in [7, 11) is 2.02. The summed E-state index contributed by atoms with van der Waals surface area (Å²) in [5, 5.41) is 3.48. The zero-order chi connectivity index (χ0) is 14.7. The molecule has 1 fully saturated rings. The Morgan fingerprint density at radius 1 is 1.20 bits per heavy atom. The maximum Gasteiger partial charge on any atom is 0.124 e. The highest BCUT2D eigenvalue weighted by atomic mass is 16.5. The number of benzene rings is 1. The summed E-state index contributed by atoms with van der Waals surface area (Å²) in [6.45, 7) is 9.35. The molecular weight excluding hydrogens is 250 g/mol. The Morgan fingerprint density at radius 2 is 1.90 bits per heavy atom. The molecule has 3 heteroatoms. The van der Waals surface area contributed by atoms with Crippen LogP contribution in [0, 0.1) is 11.8 Å². The fourth-order valence-corrected chi connectivity index (χ4v) is 3.45. The minimum atomic E-state index is 0.257. The van der Waals surface area contributed by atoms with E-state index in [1.807, 2.05) is 20.0 Å². The van der Waals surface area contributed by atoms with E-state index < -0.39 is 0 Å². The van der Waals surface area contributed by atoms with Gasteiger partial charge in [-0.3, -0.25) is 0 Å². The summed E-state index contributed by atoms with van der Waals surface area (Å²) in [6.07, 6.45) is 0.567. The molecule has 0 amide bonds. The van der Waals surface area contributed by atoms with Gasteiger partial charge in [-0.1, -0.05) is 25.1 Å². The van der Waals surface area contributed by atoms with Gasteiger partial charge in [-0.25, -0.2) is 0 Å². The Hall–Kier alpha value is -1.06. The third kappa shape index (κ3) is 2.84. The zero-order valence-electron chi connectivity index (χ0n) is 13.2. The summed E-state index contributed by atoms with van der Waals surface area (Å²) in [5.41, 5.74) is 1.23. The van der Waals surface area contributed by atoms with Crippen molar-refractivity contribution in [3.63, 3.8) is 0 Å². The van der Waals surface area contributed by atoms with Crippen molar-refractivity contribution in [2.75, 3.05) is 13.7 Å². The van der Waals surface area contributed by atoms with E-state index in [1.165, 1.54) is 5.56 Å². The van der Waals surface area contributed by atoms with E-state index in [0.717, 1.165) is 5.75 Å². The van der Waals surface area contributed by atoms with Gasteiger partial charge in [0.25, 0.3) is 0 Å². The molecule has 0 aromatic heterocycles. The van der Waals surface area contributed by atoms with Crippen LogP contribution < -0.4 is 10.1 Å². The molecule has 1 aromatic rings. The quantitative estimate of drug-likeness (QED) is 0.894. The highest BCUT2D eigenvalue weighted by Crippen LogP contribution is 2.42. The van der Waals surface area contributed by atoms with E-state index in [4.69, 9.17) is 9.47 Å². The maximum absolute atomic E-state index is 6.01. The highest BCUT2D eigenvalue weighted by molar-refractivity contribution is 5.36. The third-order valence-electron chi connectivity index (χ3n) is 4.57. The average molecular weight is 277 g/mol. The van der Waals surface area contributed by atoms with Crippen molar-refractivity contribution in [1.29, 1.82) is 0 Å². The highest BCUT2D eigenvalue weighted by Gasteiger charge is 2.42. The van der Waals surface area contributed by atoms with Crippen molar-refractivity contribution in [2.45, 2.75) is 45.9 Å². The van der Waals surface area contributed by atoms with Crippen LogP contribution in [0.4, 0.5) is 0 Å². The maximum atomic E-state index is 6.01. The van der Waals surface area contributed by atoms with Gasteiger partial charge in [-0.2, -0.15) is 0 Å². The lowest BCUT2D eigenvalue weighted by molar-refractivity contribution is 0.0477. The molecule has 1 aliphatic heterocycles. The van der Waals surface area contributed by atoms with Gasteiger partial charge in [0.15, 0.2) is 0 Å². The molecule has 1 N–H and O–H groups in total. The Kier molecular flexibility index (Phi) is 5.06. The summed E-state index contributed by atoms with van der Waals surface area (Å²) in [6, 6.07) is 8.58. The molecule has 5 unspecified atom stereocenters. The molecule has 20 heavy (non-hydrogen) atoms. The summed E-state index contributed by atoms with van der Waals surface area (Å²) >= 11 is 0. The van der Waals surface area contributed by atoms with Crippen molar-refractivity contribution in [2.24, 2.45) is 11.8 Å². The minimum absolute atomic E-state index is 0.257. The molecule has 1 aromatic carbocycles. The van der Waals surface area contributed by atoms with E-state index >= 15 is 0 Å². The molecule has 1 heterocycles. The van der Waals surface area contributed by atoms with Crippen LogP contribution >= 0.6 is 0 Å². The smallest absolute Gasteiger partial charge is 0.124 e. The first kappa shape index (κ1) is 15.3. The van der Waals surface area contributed by atoms with Gasteiger partial charge in [0.2, 0.25) is 0 Å². The summed E-state index contributed by atoms with van der Waals surface area (Å²) in [4.78, 5) is 0. The Balaban J connectivity index is 2.33. The lowest BCUT2D eigenvalue weighted by atomic mass is 9.80. The Morgan fingerprint density at radius 3 is 2.45 bits per heavy atom. The summed E-state index contributed by atoms with van der Waals surface area (Å²) in [5.74, 6) is 1.96. The molecule has 3 nitrogen and oxygen atoms in total. The van der Waals surface area contributed by atoms with Crippen LogP contribution in [0.5, 0.6) is 5.75 Å². The SMILES string of the molecule is CCOc1ccccc1C(NC)C1C(C)OC(C)C1C. The molecule has 0 spiro atoms. The first-order chi connectivity index (χ1) is 9.60. The molecule has 1 aliphatic rings. The largest absolute Gasteiger partial charge is 0.494 e. The first-order valence-electron chi connectivity index (χ1n) is 7.64. The normalized spacial score (nSPS) is 31.2. The standard InChI is InChI=1S/C17H27NO2/c1-6-19-15-10-8-7-9-14(15)17(18-5)16-11(2)12(3)20-13(16)4/h7-13,16-18H,6H2,1-5H3. The van der Waals surface area contributed by atoms with Gasteiger partial charge >= 0.3 is 0 Å². The fourth-order valence-electron chi connectivity index (χ4n) is 3.45. The van der Waals surface area contributed by atoms with Crippen molar-refractivity contribution in [3.8, 4) is 5.75 Å². The van der Waals surface area contributed by atoms with Gasteiger partial charge in [-0.05, 0) is 39.8 Å². The predicted octanol–water partition coefficient (Wildman–Crippen LogP) is 3.41. The second-order valence-electron chi connectivity index (χ2n) is 5.72. The van der Waals surface area contributed by atoms with Gasteiger partial charge in [0.05, 0.1) is 18.8 Å². The lowest BCUT2D eigenvalue weighted by Crippen LogP contribution is -2.33. The van der Waals surface area contributed by atoms with E-state index in [1.54, 1.807) is 0 Å². The number of nitrogens with one attached hydrogen (secondary N) is 1. The molecular formula is C17H27NO2. The average Bonchev–Trinajstić information content (AvgIpc) is 2.68. The second-order valence-corrected chi connectivity index (χ2v) is 5.72. The topological polar surface area (TPSA) is 30.5 Å². The van der Waals surface area contributed by atoms with Crippen LogP contribution in [0.3, 0.4) is 0 Å². The number of ether oxygens (including phenoxy) is 2. The van der Waals surface area contributed by atoms with Crippen LogP contribution in [-0.4, -0.2) is 25.9 Å². The van der Waals surface area contributed by atoms with Crippen LogP contribution in [-0.2, 0) is 4.74 Å². The predicted molar refractivity (Wildman–Crippen MR) is 82.1 cm³/mol. The van der Waals surface area contributed by atoms with Crippen molar-refractivity contribution >= 4 is 0 Å². The molecule has 0 bridgehead atoms. The molecule has 1 saturated heterocycles. The van der Waals surface area contributed by atoms with E-state index in [9.17, 15) is 0 Å². The molecule has 0 aliphatic carbocycles. The van der Waals surface area contributed by atoms with Crippen LogP contribution in [0.25, 0.3) is 0 Å². The van der Waals surface area contributed by atoms with Crippen molar-refractivity contribution < 1.29 is 9.47 Å². The molecule has 112 valence electrons. The lowest BCUT2D eigenvalue weighted by Gasteiger charge is -2.30. The monoisotopic (exact) mass is 277 g/mol. The Labute approximate surface area is 122 Å². The number of hydrogen-bond donors (Lipinski definition) is 1. The van der Waals surface area contributed by atoms with Crippen molar-refractivity contribution in [3.05, 3.63) is 29.8 Å².